The second-order valence-electron chi connectivity index (χ2n) is 5.44. The lowest BCUT2D eigenvalue weighted by Gasteiger charge is -2.20. The van der Waals surface area contributed by atoms with Gasteiger partial charge in [-0.25, -0.2) is 0 Å². The molecule has 21 heavy (non-hydrogen) atoms. The van der Waals surface area contributed by atoms with Gasteiger partial charge in [0.15, 0.2) is 0 Å². The molecule has 3 heteroatoms. The Labute approximate surface area is 132 Å². The van der Waals surface area contributed by atoms with Crippen molar-refractivity contribution < 1.29 is 0 Å². The molecule has 2 nitrogen and oxygen atoms in total. The molecule has 1 atom stereocenters. The summed E-state index contributed by atoms with van der Waals surface area (Å²) in [6.45, 7) is 6.60. The fourth-order valence-corrected chi connectivity index (χ4v) is 3.34. The van der Waals surface area contributed by atoms with Crippen molar-refractivity contribution in [3.63, 3.8) is 0 Å². The second-order valence-corrected chi connectivity index (χ2v) is 6.64. The predicted octanol–water partition coefficient (Wildman–Crippen LogP) is 4.49. The Bertz CT molecular complexity index is 521. The Kier molecular flexibility index (Phi) is 6.27. The summed E-state index contributed by atoms with van der Waals surface area (Å²) in [5.41, 5.74) is 1.29. The van der Waals surface area contributed by atoms with Gasteiger partial charge in [-0.05, 0) is 50.6 Å². The number of hydrogen-bond donors (Lipinski definition) is 1. The highest BCUT2D eigenvalue weighted by Gasteiger charge is 2.07. The lowest BCUT2D eigenvalue weighted by molar-refractivity contribution is 0.565. The van der Waals surface area contributed by atoms with E-state index < -0.39 is 0 Å². The van der Waals surface area contributed by atoms with Gasteiger partial charge in [-0.1, -0.05) is 25.1 Å². The number of nitrogens with one attached hydrogen (secondary N) is 1. The largest absolute Gasteiger partial charge is 0.375 e. The third-order valence-corrected chi connectivity index (χ3v) is 5.19. The Balaban J connectivity index is 1.69. The highest BCUT2D eigenvalue weighted by molar-refractivity contribution is 7.12. The molecule has 0 saturated carbocycles. The molecular formula is C18H26N2S. The molecule has 0 bridgehead atoms. The molecule has 0 saturated heterocycles. The average Bonchev–Trinajstić information content (AvgIpc) is 3.01. The second kappa shape index (κ2) is 8.20. The summed E-state index contributed by atoms with van der Waals surface area (Å²) in [6.07, 6.45) is 2.29. The Morgan fingerprint density at radius 3 is 2.57 bits per heavy atom. The molecule has 0 spiro atoms. The van der Waals surface area contributed by atoms with E-state index >= 15 is 0 Å². The summed E-state index contributed by atoms with van der Waals surface area (Å²) in [7, 11) is 2.16. The van der Waals surface area contributed by atoms with Crippen LogP contribution in [0.15, 0.2) is 42.5 Å². The molecule has 1 unspecified atom stereocenters. The van der Waals surface area contributed by atoms with E-state index in [0.717, 1.165) is 25.9 Å². The molecule has 114 valence electrons. The van der Waals surface area contributed by atoms with E-state index in [2.05, 4.69) is 73.6 Å². The molecule has 0 amide bonds. The summed E-state index contributed by atoms with van der Waals surface area (Å²) in [5, 5.41) is 3.63. The zero-order valence-corrected chi connectivity index (χ0v) is 14.1. The average molecular weight is 302 g/mol. The van der Waals surface area contributed by atoms with Gasteiger partial charge in [-0.2, -0.15) is 0 Å². The molecule has 1 aromatic carbocycles. The fourth-order valence-electron chi connectivity index (χ4n) is 2.36. The minimum atomic E-state index is 0.456. The maximum atomic E-state index is 3.63. The summed E-state index contributed by atoms with van der Waals surface area (Å²) in [5.74, 6) is 0. The van der Waals surface area contributed by atoms with Crippen LogP contribution in [-0.4, -0.2) is 20.1 Å². The first-order chi connectivity index (χ1) is 10.2. The van der Waals surface area contributed by atoms with E-state index in [1.54, 1.807) is 0 Å². The first-order valence-corrected chi connectivity index (χ1v) is 8.60. The summed E-state index contributed by atoms with van der Waals surface area (Å²) in [6, 6.07) is 15.5. The topological polar surface area (TPSA) is 15.3 Å². The van der Waals surface area contributed by atoms with Crippen LogP contribution in [0.25, 0.3) is 0 Å². The Hall–Kier alpha value is -1.32. The van der Waals surface area contributed by atoms with Crippen molar-refractivity contribution in [3.8, 4) is 0 Å². The van der Waals surface area contributed by atoms with Gasteiger partial charge in [0.2, 0.25) is 0 Å². The van der Waals surface area contributed by atoms with Crippen LogP contribution in [0.3, 0.4) is 0 Å². The number of benzene rings is 1. The zero-order chi connectivity index (χ0) is 15.1. The number of nitrogens with zero attached hydrogens (tertiary/aromatic N) is 1. The minimum Gasteiger partial charge on any atom is -0.375 e. The van der Waals surface area contributed by atoms with Crippen molar-refractivity contribution in [2.24, 2.45) is 0 Å². The van der Waals surface area contributed by atoms with Gasteiger partial charge in [0.1, 0.15) is 0 Å². The van der Waals surface area contributed by atoms with E-state index in [1.807, 2.05) is 11.3 Å². The molecule has 0 aliphatic carbocycles. The monoisotopic (exact) mass is 302 g/mol. The first-order valence-electron chi connectivity index (χ1n) is 7.79. The van der Waals surface area contributed by atoms with Crippen LogP contribution < -0.4 is 10.2 Å². The van der Waals surface area contributed by atoms with E-state index in [9.17, 15) is 0 Å². The third-order valence-electron chi connectivity index (χ3n) is 3.78. The van der Waals surface area contributed by atoms with E-state index in [4.69, 9.17) is 0 Å². The molecule has 0 radical (unpaired) electrons. The van der Waals surface area contributed by atoms with Gasteiger partial charge in [0, 0.05) is 35.1 Å². The van der Waals surface area contributed by atoms with E-state index in [-0.39, 0.29) is 0 Å². The highest BCUT2D eigenvalue weighted by atomic mass is 32.1. The molecule has 2 aromatic rings. The first kappa shape index (κ1) is 16.1. The van der Waals surface area contributed by atoms with Crippen molar-refractivity contribution in [3.05, 3.63) is 52.2 Å². The Morgan fingerprint density at radius 2 is 1.90 bits per heavy atom. The van der Waals surface area contributed by atoms with Crippen LogP contribution in [0.5, 0.6) is 0 Å². The predicted molar refractivity (Wildman–Crippen MR) is 94.4 cm³/mol. The molecule has 1 N–H and O–H groups in total. The molecular weight excluding hydrogens is 276 g/mol. The van der Waals surface area contributed by atoms with Crippen LogP contribution in [0.1, 0.15) is 36.1 Å². The number of thiophene rings is 1. The SMILES string of the molecule is CCc1ccc(C(C)NCCCN(C)c2ccccc2)s1. The minimum absolute atomic E-state index is 0.456. The van der Waals surface area contributed by atoms with Gasteiger partial charge in [-0.3, -0.25) is 0 Å². The van der Waals surface area contributed by atoms with Gasteiger partial charge in [0.25, 0.3) is 0 Å². The lowest BCUT2D eigenvalue weighted by atomic mass is 10.2. The van der Waals surface area contributed by atoms with Crippen molar-refractivity contribution in [1.82, 2.24) is 5.32 Å². The number of aryl methyl sites for hydroxylation is 1. The maximum absolute atomic E-state index is 3.63. The van der Waals surface area contributed by atoms with Crippen LogP contribution in [0.2, 0.25) is 0 Å². The number of anilines is 1. The van der Waals surface area contributed by atoms with Crippen molar-refractivity contribution in [2.45, 2.75) is 32.7 Å². The summed E-state index contributed by atoms with van der Waals surface area (Å²) < 4.78 is 0. The fraction of sp³-hybridized carbons (Fsp3) is 0.444. The molecule has 1 heterocycles. The van der Waals surface area contributed by atoms with E-state index in [0.29, 0.717) is 6.04 Å². The van der Waals surface area contributed by atoms with Gasteiger partial charge in [-0.15, -0.1) is 11.3 Å². The zero-order valence-electron chi connectivity index (χ0n) is 13.3. The molecule has 1 aromatic heterocycles. The number of hydrogen-bond acceptors (Lipinski definition) is 3. The Morgan fingerprint density at radius 1 is 1.14 bits per heavy atom. The number of para-hydroxylation sites is 1. The van der Waals surface area contributed by atoms with Gasteiger partial charge in [0.05, 0.1) is 0 Å². The van der Waals surface area contributed by atoms with Crippen molar-refractivity contribution >= 4 is 17.0 Å². The smallest absolute Gasteiger partial charge is 0.0386 e. The molecule has 0 fully saturated rings. The van der Waals surface area contributed by atoms with Crippen molar-refractivity contribution in [2.75, 3.05) is 25.0 Å². The van der Waals surface area contributed by atoms with E-state index in [1.165, 1.54) is 15.4 Å². The number of rotatable bonds is 8. The van der Waals surface area contributed by atoms with Gasteiger partial charge < -0.3 is 10.2 Å². The summed E-state index contributed by atoms with van der Waals surface area (Å²) >= 11 is 1.93. The maximum Gasteiger partial charge on any atom is 0.0386 e. The third kappa shape index (κ3) is 4.87. The lowest BCUT2D eigenvalue weighted by Crippen LogP contribution is -2.25. The molecule has 0 aliphatic heterocycles. The van der Waals surface area contributed by atoms with Crippen LogP contribution in [-0.2, 0) is 6.42 Å². The highest BCUT2D eigenvalue weighted by Crippen LogP contribution is 2.23. The molecule has 0 aliphatic rings. The van der Waals surface area contributed by atoms with Crippen LogP contribution >= 0.6 is 11.3 Å². The van der Waals surface area contributed by atoms with Crippen molar-refractivity contribution in [1.29, 1.82) is 0 Å². The van der Waals surface area contributed by atoms with Crippen LogP contribution in [0.4, 0.5) is 5.69 Å². The van der Waals surface area contributed by atoms with Crippen LogP contribution in [0, 0.1) is 0 Å². The van der Waals surface area contributed by atoms with Gasteiger partial charge >= 0.3 is 0 Å². The quantitative estimate of drug-likeness (QED) is 0.723. The summed E-state index contributed by atoms with van der Waals surface area (Å²) in [4.78, 5) is 5.23. The standard InChI is InChI=1S/C18H26N2S/c1-4-17-11-12-18(21-17)15(2)19-13-8-14-20(3)16-9-6-5-7-10-16/h5-7,9-12,15,19H,4,8,13-14H2,1-3H3. The molecule has 2 rings (SSSR count). The normalized spacial score (nSPS) is 12.3.